The SMILES string of the molecule is COC(=O)c1cc(F)c(N)c(NC2COC[C@H]2OC)c1. The van der Waals surface area contributed by atoms with E-state index in [1.54, 1.807) is 7.11 Å². The van der Waals surface area contributed by atoms with Gasteiger partial charge in [0.15, 0.2) is 0 Å². The van der Waals surface area contributed by atoms with Gasteiger partial charge in [-0.1, -0.05) is 0 Å². The van der Waals surface area contributed by atoms with Crippen LogP contribution in [0.25, 0.3) is 0 Å². The first-order chi connectivity index (χ1) is 9.56. The fourth-order valence-electron chi connectivity index (χ4n) is 2.07. The molecule has 1 fully saturated rings. The number of halogens is 1. The van der Waals surface area contributed by atoms with Crippen LogP contribution < -0.4 is 11.1 Å². The lowest BCUT2D eigenvalue weighted by molar-refractivity contribution is 0.0600. The molecule has 0 radical (unpaired) electrons. The fourth-order valence-corrected chi connectivity index (χ4v) is 2.07. The first-order valence-corrected chi connectivity index (χ1v) is 6.11. The van der Waals surface area contributed by atoms with Gasteiger partial charge >= 0.3 is 5.97 Å². The van der Waals surface area contributed by atoms with E-state index in [1.807, 2.05) is 0 Å². The monoisotopic (exact) mass is 284 g/mol. The summed E-state index contributed by atoms with van der Waals surface area (Å²) in [6, 6.07) is 2.34. The van der Waals surface area contributed by atoms with Crippen molar-refractivity contribution in [1.29, 1.82) is 0 Å². The number of hydrogen-bond donors (Lipinski definition) is 2. The molecule has 0 aromatic heterocycles. The van der Waals surface area contributed by atoms with Gasteiger partial charge in [-0.2, -0.15) is 0 Å². The third-order valence-corrected chi connectivity index (χ3v) is 3.22. The van der Waals surface area contributed by atoms with Crippen LogP contribution in [0, 0.1) is 5.82 Å². The van der Waals surface area contributed by atoms with Crippen molar-refractivity contribution in [3.05, 3.63) is 23.5 Å². The second-order valence-electron chi connectivity index (χ2n) is 4.47. The van der Waals surface area contributed by atoms with Crippen LogP contribution in [0.5, 0.6) is 0 Å². The smallest absolute Gasteiger partial charge is 0.338 e. The van der Waals surface area contributed by atoms with Crippen LogP contribution in [0.1, 0.15) is 10.4 Å². The van der Waals surface area contributed by atoms with Crippen LogP contribution in [-0.4, -0.2) is 45.5 Å². The number of benzene rings is 1. The molecule has 20 heavy (non-hydrogen) atoms. The van der Waals surface area contributed by atoms with E-state index in [0.717, 1.165) is 6.07 Å². The van der Waals surface area contributed by atoms with Crippen molar-refractivity contribution in [3.8, 4) is 0 Å². The van der Waals surface area contributed by atoms with Gasteiger partial charge in [-0.25, -0.2) is 9.18 Å². The van der Waals surface area contributed by atoms with E-state index in [4.69, 9.17) is 15.2 Å². The number of nitrogens with one attached hydrogen (secondary N) is 1. The second kappa shape index (κ2) is 6.06. The van der Waals surface area contributed by atoms with E-state index in [2.05, 4.69) is 10.1 Å². The number of anilines is 2. The largest absolute Gasteiger partial charge is 0.465 e. The molecular weight excluding hydrogens is 267 g/mol. The Bertz CT molecular complexity index is 509. The predicted molar refractivity (Wildman–Crippen MR) is 71.2 cm³/mol. The van der Waals surface area contributed by atoms with Gasteiger partial charge in [0.2, 0.25) is 0 Å². The van der Waals surface area contributed by atoms with Crippen molar-refractivity contribution >= 4 is 17.3 Å². The predicted octanol–water partition coefficient (Wildman–Crippen LogP) is 1.02. The Morgan fingerprint density at radius 2 is 2.20 bits per heavy atom. The van der Waals surface area contributed by atoms with Crippen molar-refractivity contribution in [1.82, 2.24) is 0 Å². The van der Waals surface area contributed by atoms with Crippen LogP contribution >= 0.6 is 0 Å². The van der Waals surface area contributed by atoms with E-state index in [0.29, 0.717) is 18.9 Å². The molecule has 0 saturated carbocycles. The van der Waals surface area contributed by atoms with E-state index in [-0.39, 0.29) is 23.4 Å². The molecule has 1 aliphatic rings. The molecule has 6 nitrogen and oxygen atoms in total. The molecule has 0 amide bonds. The maximum Gasteiger partial charge on any atom is 0.338 e. The Hall–Kier alpha value is -1.86. The summed E-state index contributed by atoms with van der Waals surface area (Å²) in [5, 5.41) is 3.05. The Labute approximate surface area is 116 Å². The van der Waals surface area contributed by atoms with Gasteiger partial charge in [0, 0.05) is 7.11 Å². The van der Waals surface area contributed by atoms with E-state index in [1.165, 1.54) is 13.2 Å². The summed E-state index contributed by atoms with van der Waals surface area (Å²) in [7, 11) is 2.80. The third kappa shape index (κ3) is 2.83. The average Bonchev–Trinajstić information content (AvgIpc) is 2.89. The molecular formula is C13H17FN2O4. The molecule has 7 heteroatoms. The first kappa shape index (κ1) is 14.5. The Morgan fingerprint density at radius 3 is 2.85 bits per heavy atom. The molecule has 2 atom stereocenters. The van der Waals surface area contributed by atoms with Crippen molar-refractivity contribution in [2.75, 3.05) is 38.5 Å². The van der Waals surface area contributed by atoms with Crippen LogP contribution in [0.2, 0.25) is 0 Å². The number of carbonyl (C=O) groups is 1. The highest BCUT2D eigenvalue weighted by Crippen LogP contribution is 2.27. The Balaban J connectivity index is 2.26. The van der Waals surface area contributed by atoms with Gasteiger partial charge in [-0.3, -0.25) is 0 Å². The molecule has 1 aliphatic heterocycles. The number of carbonyl (C=O) groups excluding carboxylic acids is 1. The van der Waals surface area contributed by atoms with E-state index < -0.39 is 11.8 Å². The topological polar surface area (TPSA) is 82.8 Å². The third-order valence-electron chi connectivity index (χ3n) is 3.22. The number of hydrogen-bond acceptors (Lipinski definition) is 6. The highest BCUT2D eigenvalue weighted by Gasteiger charge is 2.29. The molecule has 0 spiro atoms. The van der Waals surface area contributed by atoms with E-state index in [9.17, 15) is 9.18 Å². The fraction of sp³-hybridized carbons (Fsp3) is 0.462. The van der Waals surface area contributed by atoms with Gasteiger partial charge in [0.25, 0.3) is 0 Å². The summed E-state index contributed by atoms with van der Waals surface area (Å²) < 4.78 is 28.9. The lowest BCUT2D eigenvalue weighted by Crippen LogP contribution is -2.33. The summed E-state index contributed by atoms with van der Waals surface area (Å²) in [6.07, 6.45) is -0.153. The second-order valence-corrected chi connectivity index (χ2v) is 4.47. The van der Waals surface area contributed by atoms with Crippen LogP contribution in [0.4, 0.5) is 15.8 Å². The average molecular weight is 284 g/mol. The van der Waals surface area contributed by atoms with Crippen LogP contribution in [-0.2, 0) is 14.2 Å². The lowest BCUT2D eigenvalue weighted by Gasteiger charge is -2.20. The number of rotatable bonds is 4. The van der Waals surface area contributed by atoms with Crippen molar-refractivity contribution in [2.24, 2.45) is 0 Å². The standard InChI is InChI=1S/C13H17FN2O4/c1-18-11-6-20-5-10(11)16-9-4-7(13(17)19-2)3-8(14)12(9)15/h3-4,10-11,16H,5-6,15H2,1-2H3/t10?,11-/m1/s1. The van der Waals surface area contributed by atoms with Gasteiger partial charge in [0.1, 0.15) is 11.9 Å². The van der Waals surface area contributed by atoms with Crippen molar-refractivity contribution in [3.63, 3.8) is 0 Å². The maximum atomic E-state index is 13.8. The minimum atomic E-state index is -0.678. The molecule has 1 heterocycles. The Kier molecular flexibility index (Phi) is 4.41. The summed E-state index contributed by atoms with van der Waals surface area (Å²) in [4.78, 5) is 11.5. The minimum absolute atomic E-state index is 0.0561. The Morgan fingerprint density at radius 1 is 1.45 bits per heavy atom. The molecule has 0 aliphatic carbocycles. The number of ether oxygens (including phenoxy) is 3. The van der Waals surface area contributed by atoms with Gasteiger partial charge in [-0.15, -0.1) is 0 Å². The van der Waals surface area contributed by atoms with Crippen molar-refractivity contribution in [2.45, 2.75) is 12.1 Å². The number of nitrogens with two attached hydrogens (primary N) is 1. The van der Waals surface area contributed by atoms with Gasteiger partial charge < -0.3 is 25.3 Å². The highest BCUT2D eigenvalue weighted by molar-refractivity contribution is 5.92. The normalized spacial score (nSPS) is 21.8. The van der Waals surface area contributed by atoms with E-state index >= 15 is 0 Å². The maximum absolute atomic E-state index is 13.8. The number of nitrogen functional groups attached to an aromatic ring is 1. The van der Waals surface area contributed by atoms with Crippen LogP contribution in [0.15, 0.2) is 12.1 Å². The molecule has 1 aromatic rings. The summed E-state index contributed by atoms with van der Waals surface area (Å²) >= 11 is 0. The molecule has 110 valence electrons. The van der Waals surface area contributed by atoms with Gasteiger partial charge in [0.05, 0.1) is 43.3 Å². The van der Waals surface area contributed by atoms with Crippen molar-refractivity contribution < 1.29 is 23.4 Å². The molecule has 1 unspecified atom stereocenters. The number of methoxy groups -OCH3 is 2. The molecule has 0 bridgehead atoms. The van der Waals surface area contributed by atoms with Crippen LogP contribution in [0.3, 0.4) is 0 Å². The zero-order chi connectivity index (χ0) is 14.7. The quantitative estimate of drug-likeness (QED) is 0.634. The zero-order valence-corrected chi connectivity index (χ0v) is 11.3. The molecule has 1 saturated heterocycles. The highest BCUT2D eigenvalue weighted by atomic mass is 19.1. The zero-order valence-electron chi connectivity index (χ0n) is 11.3. The lowest BCUT2D eigenvalue weighted by atomic mass is 10.1. The number of esters is 1. The molecule has 2 rings (SSSR count). The minimum Gasteiger partial charge on any atom is -0.465 e. The molecule has 3 N–H and O–H groups in total. The summed E-state index contributed by atoms with van der Waals surface area (Å²) in [5.74, 6) is -1.30. The molecule has 1 aromatic carbocycles. The van der Waals surface area contributed by atoms with Gasteiger partial charge in [-0.05, 0) is 12.1 Å². The summed E-state index contributed by atoms with van der Waals surface area (Å²) in [6.45, 7) is 0.870. The summed E-state index contributed by atoms with van der Waals surface area (Å²) in [5.41, 5.74) is 6.05. The first-order valence-electron chi connectivity index (χ1n) is 6.11.